The number of carbonyl (C=O) groups excluding carboxylic acids is 2. The molecule has 0 saturated carbocycles. The Hall–Kier alpha value is -2.75. The number of anilines is 1. The van der Waals surface area contributed by atoms with E-state index in [0.29, 0.717) is 23.1 Å². The van der Waals surface area contributed by atoms with Gasteiger partial charge >= 0.3 is 6.09 Å². The molecule has 1 aliphatic rings. The van der Waals surface area contributed by atoms with E-state index in [0.717, 1.165) is 11.8 Å². The molecule has 0 aliphatic carbocycles. The predicted octanol–water partition coefficient (Wildman–Crippen LogP) is 3.05. The van der Waals surface area contributed by atoms with Crippen molar-refractivity contribution in [1.82, 2.24) is 5.32 Å². The van der Waals surface area contributed by atoms with Gasteiger partial charge in [-0.25, -0.2) is 4.79 Å². The number of carbonyl (C=O) groups is 2. The Morgan fingerprint density at radius 3 is 2.70 bits per heavy atom. The molecule has 1 aromatic carbocycles. The average Bonchev–Trinajstić information content (AvgIpc) is 3.02. The molecular weight excluding hydrogens is 372 g/mol. The normalized spacial score (nSPS) is 17.6. The molecule has 0 saturated heterocycles. The highest BCUT2D eigenvalue weighted by Gasteiger charge is 2.23. The Kier molecular flexibility index (Phi) is 6.67. The summed E-state index contributed by atoms with van der Waals surface area (Å²) in [6.45, 7) is 7.44. The molecule has 146 valence electrons. The molecule has 0 radical (unpaired) electrons. The maximum Gasteiger partial charge on any atom is 0.412 e. The van der Waals surface area contributed by atoms with Gasteiger partial charge in [0.2, 0.25) is 0 Å². The third-order valence-electron chi connectivity index (χ3n) is 3.08. The number of rotatable bonds is 5. The average molecular weight is 394 g/mol. The molecule has 2 rings (SSSR count). The van der Waals surface area contributed by atoms with Crippen LogP contribution in [0, 0.1) is 0 Å². The van der Waals surface area contributed by atoms with Crippen molar-refractivity contribution < 1.29 is 24.3 Å². The number of hydrogen-bond donors (Lipinski definition) is 3. The van der Waals surface area contributed by atoms with E-state index in [9.17, 15) is 9.59 Å². The zero-order valence-electron chi connectivity index (χ0n) is 15.5. The summed E-state index contributed by atoms with van der Waals surface area (Å²) >= 11 is 1.09. The number of oxime groups is 1. The molecule has 0 spiro atoms. The highest BCUT2D eigenvalue weighted by Crippen LogP contribution is 2.25. The number of ether oxygens (including phenoxy) is 2. The van der Waals surface area contributed by atoms with Crippen molar-refractivity contribution >= 4 is 40.7 Å². The second-order valence-electron chi connectivity index (χ2n) is 6.43. The van der Waals surface area contributed by atoms with Crippen LogP contribution in [0.4, 0.5) is 10.5 Å². The molecule has 9 nitrogen and oxygen atoms in total. The molecular formula is C17H22N4O5S. The standard InChI is InChI=1S/C17H22N4O5S/c1-5-25-12-7-6-10(19-16(23)26-17(2,3)4)8-11(12)14(22)20-15-18-9-13(21-24)27-15/h6-9,15,24H,5H2,1-4H3,(H,19,23)(H,20,22). The Morgan fingerprint density at radius 1 is 1.37 bits per heavy atom. The van der Waals surface area contributed by atoms with Gasteiger partial charge in [0.25, 0.3) is 5.91 Å². The Labute approximate surface area is 161 Å². The lowest BCUT2D eigenvalue weighted by atomic mass is 10.1. The third-order valence-corrected chi connectivity index (χ3v) is 3.97. The van der Waals surface area contributed by atoms with E-state index >= 15 is 0 Å². The van der Waals surface area contributed by atoms with Gasteiger partial charge in [-0.3, -0.25) is 15.1 Å². The maximum atomic E-state index is 12.6. The van der Waals surface area contributed by atoms with Crippen LogP contribution in [0.3, 0.4) is 0 Å². The number of nitrogens with zero attached hydrogens (tertiary/aromatic N) is 2. The number of nitrogens with one attached hydrogen (secondary N) is 2. The van der Waals surface area contributed by atoms with Crippen molar-refractivity contribution in [3.8, 4) is 5.75 Å². The summed E-state index contributed by atoms with van der Waals surface area (Å²) in [6.07, 6.45) is 0.734. The molecule has 1 aromatic rings. The van der Waals surface area contributed by atoms with Gasteiger partial charge in [0.05, 0.1) is 18.4 Å². The molecule has 27 heavy (non-hydrogen) atoms. The first kappa shape index (κ1) is 20.6. The fourth-order valence-corrected chi connectivity index (χ4v) is 2.79. The van der Waals surface area contributed by atoms with Crippen LogP contribution in [0.5, 0.6) is 5.75 Å². The van der Waals surface area contributed by atoms with Gasteiger partial charge in [-0.2, -0.15) is 0 Å². The van der Waals surface area contributed by atoms with Crippen LogP contribution in [0.15, 0.2) is 28.3 Å². The van der Waals surface area contributed by atoms with Crippen LogP contribution in [0.1, 0.15) is 38.1 Å². The summed E-state index contributed by atoms with van der Waals surface area (Å²) in [5, 5.41) is 17.3. The molecule has 1 unspecified atom stereocenters. The lowest BCUT2D eigenvalue weighted by Gasteiger charge is -2.20. The lowest BCUT2D eigenvalue weighted by molar-refractivity contribution is 0.0635. The summed E-state index contributed by atoms with van der Waals surface area (Å²) in [5.41, 5.74) is -0.631. The van der Waals surface area contributed by atoms with E-state index < -0.39 is 23.1 Å². The van der Waals surface area contributed by atoms with Crippen LogP contribution < -0.4 is 15.4 Å². The molecule has 1 aliphatic heterocycles. The fourth-order valence-electron chi connectivity index (χ4n) is 2.10. The minimum absolute atomic E-state index is 0.232. The van der Waals surface area contributed by atoms with Gasteiger partial charge in [0.1, 0.15) is 11.4 Å². The highest BCUT2D eigenvalue weighted by atomic mass is 32.2. The minimum Gasteiger partial charge on any atom is -0.493 e. The largest absolute Gasteiger partial charge is 0.493 e. The van der Waals surface area contributed by atoms with Gasteiger partial charge in [-0.1, -0.05) is 16.9 Å². The molecule has 1 atom stereocenters. The minimum atomic E-state index is -0.640. The lowest BCUT2D eigenvalue weighted by Crippen LogP contribution is -2.31. The zero-order valence-corrected chi connectivity index (χ0v) is 16.3. The Bertz CT molecular complexity index is 773. The summed E-state index contributed by atoms with van der Waals surface area (Å²) in [7, 11) is 0. The quantitative estimate of drug-likeness (QED) is 0.521. The van der Waals surface area contributed by atoms with E-state index in [-0.39, 0.29) is 5.56 Å². The predicted molar refractivity (Wildman–Crippen MR) is 104 cm³/mol. The Morgan fingerprint density at radius 2 is 2.11 bits per heavy atom. The number of thioether (sulfide) groups is 1. The van der Waals surface area contributed by atoms with Gasteiger partial charge in [-0.05, 0) is 45.9 Å². The first-order valence-electron chi connectivity index (χ1n) is 8.21. The third kappa shape index (κ3) is 6.17. The van der Waals surface area contributed by atoms with E-state index in [1.165, 1.54) is 12.3 Å². The zero-order chi connectivity index (χ0) is 20.0. The van der Waals surface area contributed by atoms with Crippen molar-refractivity contribution in [2.45, 2.75) is 38.8 Å². The van der Waals surface area contributed by atoms with Crippen LogP contribution in [0.2, 0.25) is 0 Å². The van der Waals surface area contributed by atoms with Gasteiger partial charge in [0.15, 0.2) is 10.5 Å². The second-order valence-corrected chi connectivity index (χ2v) is 7.53. The van der Waals surface area contributed by atoms with E-state index in [2.05, 4.69) is 20.8 Å². The SMILES string of the molecule is CCOc1ccc(NC(=O)OC(C)(C)C)cc1C(=O)NC1N=CC(=NO)S1. The van der Waals surface area contributed by atoms with Crippen molar-refractivity contribution in [3.63, 3.8) is 0 Å². The van der Waals surface area contributed by atoms with Crippen molar-refractivity contribution in [2.24, 2.45) is 10.1 Å². The van der Waals surface area contributed by atoms with Crippen molar-refractivity contribution in [3.05, 3.63) is 23.8 Å². The van der Waals surface area contributed by atoms with Gasteiger partial charge < -0.3 is 20.0 Å². The summed E-state index contributed by atoms with van der Waals surface area (Å²) in [6, 6.07) is 4.70. The van der Waals surface area contributed by atoms with E-state index in [1.807, 2.05) is 0 Å². The van der Waals surface area contributed by atoms with Crippen LogP contribution in [-0.4, -0.2) is 46.2 Å². The van der Waals surface area contributed by atoms with E-state index in [4.69, 9.17) is 14.7 Å². The van der Waals surface area contributed by atoms with Crippen molar-refractivity contribution in [1.29, 1.82) is 0 Å². The molecule has 10 heteroatoms. The Balaban J connectivity index is 2.16. The summed E-state index contributed by atoms with van der Waals surface area (Å²) in [5.74, 6) is -0.0760. The summed E-state index contributed by atoms with van der Waals surface area (Å²) in [4.78, 5) is 28.6. The first-order chi connectivity index (χ1) is 12.7. The fraction of sp³-hybridized carbons (Fsp3) is 0.412. The van der Waals surface area contributed by atoms with Crippen LogP contribution in [-0.2, 0) is 4.74 Å². The van der Waals surface area contributed by atoms with Crippen LogP contribution >= 0.6 is 11.8 Å². The first-order valence-corrected chi connectivity index (χ1v) is 9.09. The molecule has 1 heterocycles. The number of aliphatic imine (C=N–C) groups is 1. The number of amides is 2. The molecule has 0 bridgehead atoms. The topological polar surface area (TPSA) is 122 Å². The highest BCUT2D eigenvalue weighted by molar-refractivity contribution is 8.16. The molecule has 3 N–H and O–H groups in total. The van der Waals surface area contributed by atoms with Crippen LogP contribution in [0.25, 0.3) is 0 Å². The molecule has 0 aromatic heterocycles. The monoisotopic (exact) mass is 394 g/mol. The number of hydrogen-bond acceptors (Lipinski definition) is 8. The van der Waals surface area contributed by atoms with Gasteiger partial charge in [-0.15, -0.1) is 0 Å². The molecule has 2 amide bonds. The second kappa shape index (κ2) is 8.76. The number of benzene rings is 1. The smallest absolute Gasteiger partial charge is 0.412 e. The maximum absolute atomic E-state index is 12.6. The summed E-state index contributed by atoms with van der Waals surface area (Å²) < 4.78 is 10.7. The molecule has 0 fully saturated rings. The van der Waals surface area contributed by atoms with Gasteiger partial charge in [0, 0.05) is 5.69 Å². The van der Waals surface area contributed by atoms with E-state index in [1.54, 1.807) is 39.8 Å². The van der Waals surface area contributed by atoms with Crippen molar-refractivity contribution in [2.75, 3.05) is 11.9 Å².